The molecule has 0 aromatic heterocycles. The molecule has 0 saturated heterocycles. The van der Waals surface area contributed by atoms with Crippen LogP contribution >= 0.6 is 11.8 Å². The van der Waals surface area contributed by atoms with Crippen LogP contribution in [0, 0.1) is 6.92 Å². The number of thioether (sulfide) groups is 1. The second-order valence-corrected chi connectivity index (χ2v) is 7.93. The predicted molar refractivity (Wildman–Crippen MR) is 115 cm³/mol. The molecule has 2 N–H and O–H groups in total. The molecule has 6 nitrogen and oxygen atoms in total. The van der Waals surface area contributed by atoms with Crippen LogP contribution in [0.1, 0.15) is 36.7 Å². The fraction of sp³-hybridized carbons (Fsp3) is 0.318. The van der Waals surface area contributed by atoms with Gasteiger partial charge in [-0.2, -0.15) is 0 Å². The number of ether oxygens (including phenoxy) is 1. The first-order valence-electron chi connectivity index (χ1n) is 9.36. The number of anilines is 1. The Morgan fingerprint density at radius 1 is 1.00 bits per heavy atom. The van der Waals surface area contributed by atoms with Crippen LogP contribution < -0.4 is 10.6 Å². The van der Waals surface area contributed by atoms with E-state index in [1.165, 1.54) is 18.7 Å². The Bertz CT molecular complexity index is 865. The molecule has 0 aliphatic rings. The lowest BCUT2D eigenvalue weighted by atomic mass is 10.2. The average Bonchev–Trinajstić information content (AvgIpc) is 2.67. The van der Waals surface area contributed by atoms with Gasteiger partial charge in [-0.15, -0.1) is 11.8 Å². The zero-order chi connectivity index (χ0) is 21.4. The van der Waals surface area contributed by atoms with Crippen molar-refractivity contribution in [1.29, 1.82) is 0 Å². The van der Waals surface area contributed by atoms with Crippen LogP contribution in [0.15, 0.2) is 53.4 Å². The minimum absolute atomic E-state index is 0.0520. The van der Waals surface area contributed by atoms with E-state index in [-0.39, 0.29) is 17.7 Å². The Labute approximate surface area is 175 Å². The molecule has 2 aromatic carbocycles. The number of nitrogens with one attached hydrogen (secondary N) is 2. The van der Waals surface area contributed by atoms with Gasteiger partial charge in [-0.3, -0.25) is 9.59 Å². The number of hydrogen-bond acceptors (Lipinski definition) is 5. The minimum Gasteiger partial charge on any atom is -0.449 e. The summed E-state index contributed by atoms with van der Waals surface area (Å²) in [4.78, 5) is 37.4. The van der Waals surface area contributed by atoms with Crippen LogP contribution in [0.25, 0.3) is 0 Å². The van der Waals surface area contributed by atoms with Crippen LogP contribution in [0.4, 0.5) is 5.69 Å². The highest BCUT2D eigenvalue weighted by molar-refractivity contribution is 8.00. The predicted octanol–water partition coefficient (Wildman–Crippen LogP) is 3.80. The van der Waals surface area contributed by atoms with Crippen molar-refractivity contribution in [3.05, 3.63) is 59.7 Å². The molecule has 7 heteroatoms. The van der Waals surface area contributed by atoms with Gasteiger partial charge < -0.3 is 15.4 Å². The molecule has 0 aliphatic carbocycles. The van der Waals surface area contributed by atoms with Crippen molar-refractivity contribution in [2.24, 2.45) is 0 Å². The van der Waals surface area contributed by atoms with Crippen molar-refractivity contribution in [1.82, 2.24) is 5.32 Å². The Hall–Kier alpha value is -2.80. The maximum atomic E-state index is 12.6. The molecule has 1 atom stereocenters. The molecule has 29 heavy (non-hydrogen) atoms. The summed E-state index contributed by atoms with van der Waals surface area (Å²) in [6.07, 6.45) is -0.967. The van der Waals surface area contributed by atoms with Crippen molar-refractivity contribution in [2.45, 2.75) is 44.7 Å². The number of aryl methyl sites for hydroxylation is 1. The van der Waals surface area contributed by atoms with Gasteiger partial charge in [0.25, 0.3) is 5.91 Å². The van der Waals surface area contributed by atoms with Gasteiger partial charge in [0, 0.05) is 16.6 Å². The number of amides is 2. The number of hydrogen-bond donors (Lipinski definition) is 2. The first-order valence-corrected chi connectivity index (χ1v) is 10.3. The van der Waals surface area contributed by atoms with Gasteiger partial charge in [0.05, 0.1) is 11.3 Å². The lowest BCUT2D eigenvalue weighted by Gasteiger charge is -2.15. The number of benzene rings is 2. The molecular formula is C22H26N2O4S. The highest BCUT2D eigenvalue weighted by Gasteiger charge is 2.21. The largest absolute Gasteiger partial charge is 0.449 e. The monoisotopic (exact) mass is 414 g/mol. The molecule has 0 unspecified atom stereocenters. The lowest BCUT2D eigenvalue weighted by molar-refractivity contribution is -0.123. The van der Waals surface area contributed by atoms with Gasteiger partial charge in [-0.05, 0) is 52.0 Å². The second kappa shape index (κ2) is 10.7. The van der Waals surface area contributed by atoms with Crippen LogP contribution in [0.5, 0.6) is 0 Å². The summed E-state index contributed by atoms with van der Waals surface area (Å²) in [7, 11) is 0. The van der Waals surface area contributed by atoms with Gasteiger partial charge in [-0.25, -0.2) is 4.79 Å². The Balaban J connectivity index is 1.98. The topological polar surface area (TPSA) is 84.5 Å². The Morgan fingerprint density at radius 3 is 2.31 bits per heavy atom. The van der Waals surface area contributed by atoms with Crippen LogP contribution in [-0.2, 0) is 14.3 Å². The minimum atomic E-state index is -0.967. The molecule has 0 spiro atoms. The number of rotatable bonds is 8. The van der Waals surface area contributed by atoms with Crippen molar-refractivity contribution >= 4 is 35.2 Å². The Morgan fingerprint density at radius 2 is 1.66 bits per heavy atom. The first-order chi connectivity index (χ1) is 13.8. The van der Waals surface area contributed by atoms with Gasteiger partial charge in [0.1, 0.15) is 0 Å². The third-order valence-corrected chi connectivity index (χ3v) is 4.96. The highest BCUT2D eigenvalue weighted by Crippen LogP contribution is 2.23. The van der Waals surface area contributed by atoms with Crippen LogP contribution in [0.2, 0.25) is 0 Å². The molecule has 2 rings (SSSR count). The van der Waals surface area contributed by atoms with Crippen LogP contribution in [-0.4, -0.2) is 35.7 Å². The number of carbonyl (C=O) groups is 3. The van der Waals surface area contributed by atoms with Gasteiger partial charge in [0.15, 0.2) is 6.10 Å². The molecule has 2 amide bonds. The van der Waals surface area contributed by atoms with Gasteiger partial charge in [0.2, 0.25) is 5.91 Å². The van der Waals surface area contributed by atoms with Crippen LogP contribution in [0.3, 0.4) is 0 Å². The Kier molecular flexibility index (Phi) is 8.27. The molecule has 0 fully saturated rings. The fourth-order valence-corrected chi connectivity index (χ4v) is 3.28. The van der Waals surface area contributed by atoms with E-state index in [9.17, 15) is 14.4 Å². The first kappa shape index (κ1) is 22.5. The van der Waals surface area contributed by atoms with Crippen molar-refractivity contribution < 1.29 is 19.1 Å². The quantitative estimate of drug-likeness (QED) is 0.507. The summed E-state index contributed by atoms with van der Waals surface area (Å²) in [5.74, 6) is -0.946. The molecule has 0 bridgehead atoms. The summed E-state index contributed by atoms with van der Waals surface area (Å²) in [6, 6.07) is 14.3. The third-order valence-electron chi connectivity index (χ3n) is 3.89. The van der Waals surface area contributed by atoms with E-state index in [0.717, 1.165) is 5.56 Å². The zero-order valence-electron chi connectivity index (χ0n) is 17.0. The van der Waals surface area contributed by atoms with E-state index in [1.807, 2.05) is 32.9 Å². The van der Waals surface area contributed by atoms with Crippen molar-refractivity contribution in [3.8, 4) is 0 Å². The van der Waals surface area contributed by atoms with Gasteiger partial charge >= 0.3 is 5.97 Å². The molecule has 2 aromatic rings. The highest BCUT2D eigenvalue weighted by atomic mass is 32.2. The number of carbonyl (C=O) groups excluding carboxylic acids is 3. The third kappa shape index (κ3) is 7.27. The summed E-state index contributed by atoms with van der Waals surface area (Å²) in [6.45, 7) is 7.25. The van der Waals surface area contributed by atoms with E-state index in [4.69, 9.17) is 4.74 Å². The maximum absolute atomic E-state index is 12.6. The summed E-state index contributed by atoms with van der Waals surface area (Å²) in [5, 5.41) is 5.53. The second-order valence-electron chi connectivity index (χ2n) is 6.91. The molecule has 0 saturated carbocycles. The normalized spacial score (nSPS) is 11.6. The van der Waals surface area contributed by atoms with Crippen molar-refractivity contribution in [2.75, 3.05) is 11.1 Å². The summed E-state index contributed by atoms with van der Waals surface area (Å²) < 4.78 is 5.34. The van der Waals surface area contributed by atoms with E-state index in [0.29, 0.717) is 16.1 Å². The fourth-order valence-electron chi connectivity index (χ4n) is 2.43. The van der Waals surface area contributed by atoms with E-state index in [1.54, 1.807) is 36.4 Å². The standard InChI is InChI=1S/C22H26N2O4S/c1-14(2)23-20(25)13-29-19-8-6-5-7-18(19)22(27)28-16(4)21(26)24-17-11-9-15(3)10-12-17/h5-12,14,16H,13H2,1-4H3,(H,23,25)(H,24,26)/t16-/m0/s1. The molecule has 0 aliphatic heterocycles. The smallest absolute Gasteiger partial charge is 0.340 e. The molecular weight excluding hydrogens is 388 g/mol. The van der Waals surface area contributed by atoms with E-state index in [2.05, 4.69) is 10.6 Å². The summed E-state index contributed by atoms with van der Waals surface area (Å²) >= 11 is 1.25. The van der Waals surface area contributed by atoms with E-state index < -0.39 is 18.0 Å². The van der Waals surface area contributed by atoms with Gasteiger partial charge in [-0.1, -0.05) is 29.8 Å². The maximum Gasteiger partial charge on any atom is 0.340 e. The SMILES string of the molecule is Cc1ccc(NC(=O)[C@H](C)OC(=O)c2ccccc2SCC(=O)NC(C)C)cc1. The average molecular weight is 415 g/mol. The summed E-state index contributed by atoms with van der Waals surface area (Å²) in [5.41, 5.74) is 2.04. The molecule has 154 valence electrons. The van der Waals surface area contributed by atoms with Crippen molar-refractivity contribution in [3.63, 3.8) is 0 Å². The zero-order valence-corrected chi connectivity index (χ0v) is 17.8. The van der Waals surface area contributed by atoms with E-state index >= 15 is 0 Å². The lowest BCUT2D eigenvalue weighted by Crippen LogP contribution is -2.31. The molecule has 0 heterocycles. The molecule has 0 radical (unpaired) electrons. The number of esters is 1.